The van der Waals surface area contributed by atoms with Crippen molar-refractivity contribution in [1.29, 1.82) is 0 Å². The molecule has 0 bridgehead atoms. The van der Waals surface area contributed by atoms with E-state index in [1.807, 2.05) is 36.2 Å². The Bertz CT molecular complexity index is 785. The molecule has 0 unspecified atom stereocenters. The smallest absolute Gasteiger partial charge is 0.244 e. The minimum absolute atomic E-state index is 0.0348. The van der Waals surface area contributed by atoms with E-state index in [4.69, 9.17) is 11.6 Å². The molecule has 7 heteroatoms. The molecule has 0 atom stereocenters. The SMILES string of the molecule is CN(CC(=O)N(C)CC(=O)Nc1ccccc1Cl)Cc1ccccc1Br. The quantitative estimate of drug-likeness (QED) is 0.718. The van der Waals surface area contributed by atoms with Crippen LogP contribution in [0.15, 0.2) is 53.0 Å². The molecule has 2 amide bonds. The van der Waals surface area contributed by atoms with Gasteiger partial charge in [-0.1, -0.05) is 57.9 Å². The zero-order valence-corrected chi connectivity index (χ0v) is 17.0. The number of para-hydroxylation sites is 1. The highest BCUT2D eigenvalue weighted by atomic mass is 79.9. The topological polar surface area (TPSA) is 52.7 Å². The molecule has 1 N–H and O–H groups in total. The first-order valence-electron chi connectivity index (χ1n) is 8.07. The molecular formula is C19H21BrClN3O2. The Kier molecular flexibility index (Phi) is 7.63. The molecule has 0 radical (unpaired) electrons. The molecule has 0 saturated carbocycles. The van der Waals surface area contributed by atoms with Crippen molar-refractivity contribution < 1.29 is 9.59 Å². The number of halogens is 2. The first kappa shape index (κ1) is 20.4. The van der Waals surface area contributed by atoms with Crippen LogP contribution in [0.5, 0.6) is 0 Å². The van der Waals surface area contributed by atoms with Crippen LogP contribution in [0.4, 0.5) is 5.69 Å². The Balaban J connectivity index is 1.84. The van der Waals surface area contributed by atoms with Crippen molar-refractivity contribution >= 4 is 45.0 Å². The fourth-order valence-corrected chi connectivity index (χ4v) is 2.97. The predicted molar refractivity (Wildman–Crippen MR) is 108 cm³/mol. The van der Waals surface area contributed by atoms with Crippen LogP contribution >= 0.6 is 27.5 Å². The Morgan fingerprint density at radius 3 is 2.38 bits per heavy atom. The summed E-state index contributed by atoms with van der Waals surface area (Å²) in [6, 6.07) is 14.9. The van der Waals surface area contributed by atoms with Crippen molar-refractivity contribution in [3.63, 3.8) is 0 Å². The lowest BCUT2D eigenvalue weighted by atomic mass is 10.2. The number of nitrogens with one attached hydrogen (secondary N) is 1. The molecule has 0 saturated heterocycles. The van der Waals surface area contributed by atoms with Gasteiger partial charge in [-0.3, -0.25) is 14.5 Å². The van der Waals surface area contributed by atoms with Crippen molar-refractivity contribution in [3.05, 3.63) is 63.6 Å². The summed E-state index contributed by atoms with van der Waals surface area (Å²) in [5.41, 5.74) is 1.63. The van der Waals surface area contributed by atoms with Crippen LogP contribution in [0.2, 0.25) is 5.02 Å². The maximum Gasteiger partial charge on any atom is 0.244 e. The largest absolute Gasteiger partial charge is 0.335 e. The van der Waals surface area contributed by atoms with E-state index in [9.17, 15) is 9.59 Å². The lowest BCUT2D eigenvalue weighted by molar-refractivity contribution is -0.134. The number of benzene rings is 2. The fourth-order valence-electron chi connectivity index (χ4n) is 2.38. The van der Waals surface area contributed by atoms with Gasteiger partial charge in [0.15, 0.2) is 0 Å². The van der Waals surface area contributed by atoms with Gasteiger partial charge in [0.1, 0.15) is 0 Å². The molecule has 0 aromatic heterocycles. The zero-order chi connectivity index (χ0) is 19.1. The number of nitrogens with zero attached hydrogens (tertiary/aromatic N) is 2. The molecule has 0 aliphatic heterocycles. The summed E-state index contributed by atoms with van der Waals surface area (Å²) in [5, 5.41) is 3.17. The minimum atomic E-state index is -0.289. The second-order valence-electron chi connectivity index (χ2n) is 6.04. The van der Waals surface area contributed by atoms with E-state index >= 15 is 0 Å². The van der Waals surface area contributed by atoms with Crippen LogP contribution in [-0.4, -0.2) is 48.8 Å². The van der Waals surface area contributed by atoms with E-state index in [0.29, 0.717) is 17.3 Å². The highest BCUT2D eigenvalue weighted by Gasteiger charge is 2.16. The second-order valence-corrected chi connectivity index (χ2v) is 7.30. The highest BCUT2D eigenvalue weighted by molar-refractivity contribution is 9.10. The average molecular weight is 439 g/mol. The summed E-state index contributed by atoms with van der Waals surface area (Å²) in [4.78, 5) is 27.8. The van der Waals surface area contributed by atoms with Gasteiger partial charge in [0.25, 0.3) is 0 Å². The molecule has 5 nitrogen and oxygen atoms in total. The van der Waals surface area contributed by atoms with Gasteiger partial charge >= 0.3 is 0 Å². The van der Waals surface area contributed by atoms with Crippen LogP contribution < -0.4 is 5.32 Å². The van der Waals surface area contributed by atoms with E-state index in [1.165, 1.54) is 4.90 Å². The Morgan fingerprint density at radius 1 is 1.04 bits per heavy atom. The zero-order valence-electron chi connectivity index (χ0n) is 14.7. The van der Waals surface area contributed by atoms with E-state index in [2.05, 4.69) is 21.2 Å². The summed E-state index contributed by atoms with van der Waals surface area (Å²) in [7, 11) is 3.48. The van der Waals surface area contributed by atoms with E-state index in [1.54, 1.807) is 31.3 Å². The molecule has 2 rings (SSSR count). The van der Waals surface area contributed by atoms with Crippen LogP contribution in [0.1, 0.15) is 5.56 Å². The highest BCUT2D eigenvalue weighted by Crippen LogP contribution is 2.20. The molecule has 0 heterocycles. The van der Waals surface area contributed by atoms with E-state index in [0.717, 1.165) is 10.0 Å². The average Bonchev–Trinajstić information content (AvgIpc) is 2.59. The maximum atomic E-state index is 12.3. The molecule has 2 aromatic rings. The number of amides is 2. The van der Waals surface area contributed by atoms with Crippen molar-refractivity contribution in [3.8, 4) is 0 Å². The van der Waals surface area contributed by atoms with E-state index < -0.39 is 0 Å². The van der Waals surface area contributed by atoms with Crippen LogP contribution in [0.25, 0.3) is 0 Å². The van der Waals surface area contributed by atoms with Crippen molar-refractivity contribution in [2.45, 2.75) is 6.54 Å². The standard InChI is InChI=1S/C19H21BrClN3O2/c1-23(11-14-7-3-4-8-15(14)20)13-19(26)24(2)12-18(25)22-17-10-6-5-9-16(17)21/h3-10H,11-13H2,1-2H3,(H,22,25). The number of rotatable bonds is 7. The van der Waals surface area contributed by atoms with Crippen molar-refractivity contribution in [1.82, 2.24) is 9.80 Å². The lowest BCUT2D eigenvalue weighted by Gasteiger charge is -2.22. The van der Waals surface area contributed by atoms with Gasteiger partial charge in [0, 0.05) is 18.1 Å². The summed E-state index contributed by atoms with van der Waals surface area (Å²) in [6.07, 6.45) is 0. The summed E-state index contributed by atoms with van der Waals surface area (Å²) in [5.74, 6) is -0.420. The molecule has 0 aliphatic carbocycles. The van der Waals surface area contributed by atoms with Gasteiger partial charge in [-0.25, -0.2) is 0 Å². The first-order chi connectivity index (χ1) is 12.4. The number of hydrogen-bond donors (Lipinski definition) is 1. The van der Waals surface area contributed by atoms with Gasteiger partial charge in [-0.05, 0) is 30.8 Å². The number of anilines is 1. The van der Waals surface area contributed by atoms with Crippen LogP contribution in [0, 0.1) is 0 Å². The third-order valence-corrected chi connectivity index (χ3v) is 4.86. The Labute approximate surface area is 167 Å². The number of carbonyl (C=O) groups is 2. The monoisotopic (exact) mass is 437 g/mol. The van der Waals surface area contributed by atoms with Gasteiger partial charge < -0.3 is 10.2 Å². The van der Waals surface area contributed by atoms with Gasteiger partial charge in [-0.2, -0.15) is 0 Å². The second kappa shape index (κ2) is 9.71. The summed E-state index contributed by atoms with van der Waals surface area (Å²) < 4.78 is 1.01. The third-order valence-electron chi connectivity index (χ3n) is 3.76. The van der Waals surface area contributed by atoms with Crippen LogP contribution in [-0.2, 0) is 16.1 Å². The van der Waals surface area contributed by atoms with Crippen molar-refractivity contribution in [2.24, 2.45) is 0 Å². The fraction of sp³-hybridized carbons (Fsp3) is 0.263. The summed E-state index contributed by atoms with van der Waals surface area (Å²) >= 11 is 9.52. The van der Waals surface area contributed by atoms with Gasteiger partial charge in [0.05, 0.1) is 23.8 Å². The lowest BCUT2D eigenvalue weighted by Crippen LogP contribution is -2.40. The summed E-state index contributed by atoms with van der Waals surface area (Å²) in [6.45, 7) is 0.816. The minimum Gasteiger partial charge on any atom is -0.335 e. The number of hydrogen-bond acceptors (Lipinski definition) is 3. The van der Waals surface area contributed by atoms with E-state index in [-0.39, 0.29) is 24.9 Å². The molecule has 2 aromatic carbocycles. The van der Waals surface area contributed by atoms with Crippen LogP contribution in [0.3, 0.4) is 0 Å². The Morgan fingerprint density at radius 2 is 1.69 bits per heavy atom. The molecular weight excluding hydrogens is 418 g/mol. The molecule has 0 spiro atoms. The van der Waals surface area contributed by atoms with Gasteiger partial charge in [0.2, 0.25) is 11.8 Å². The first-order valence-corrected chi connectivity index (χ1v) is 9.24. The molecule has 138 valence electrons. The Hall–Kier alpha value is -1.89. The number of carbonyl (C=O) groups excluding carboxylic acids is 2. The third kappa shape index (κ3) is 6.12. The molecule has 0 fully saturated rings. The normalized spacial score (nSPS) is 10.7. The molecule has 0 aliphatic rings. The predicted octanol–water partition coefficient (Wildman–Crippen LogP) is 3.63. The molecule has 26 heavy (non-hydrogen) atoms. The van der Waals surface area contributed by atoms with Gasteiger partial charge in [-0.15, -0.1) is 0 Å². The number of likely N-dealkylation sites (N-methyl/N-ethyl adjacent to an activating group) is 2. The van der Waals surface area contributed by atoms with Crippen molar-refractivity contribution in [2.75, 3.05) is 32.5 Å². The maximum absolute atomic E-state index is 12.3.